The Morgan fingerprint density at radius 2 is 1.93 bits per heavy atom. The molecular formula is C20H22ClN5O2. The van der Waals surface area contributed by atoms with Gasteiger partial charge in [-0.2, -0.15) is 0 Å². The molecule has 0 spiro atoms. The van der Waals surface area contributed by atoms with Crippen LogP contribution in [0.3, 0.4) is 0 Å². The number of fused-ring (bicyclic) bond motifs is 2. The lowest BCUT2D eigenvalue weighted by molar-refractivity contribution is 0.0722. The van der Waals surface area contributed by atoms with E-state index in [0.717, 1.165) is 48.9 Å². The molecule has 0 radical (unpaired) electrons. The number of nitrogens with one attached hydrogen (secondary N) is 1. The zero-order valence-electron chi connectivity index (χ0n) is 15.4. The van der Waals surface area contributed by atoms with Crippen molar-refractivity contribution in [2.75, 3.05) is 19.6 Å². The van der Waals surface area contributed by atoms with Gasteiger partial charge in [0.1, 0.15) is 23.0 Å². The van der Waals surface area contributed by atoms with Crippen LogP contribution in [0, 0.1) is 0 Å². The molecule has 1 N–H and O–H groups in total. The number of rotatable bonds is 2. The van der Waals surface area contributed by atoms with Crippen molar-refractivity contribution >= 4 is 18.3 Å². The number of oxazole rings is 1. The molecule has 0 fully saturated rings. The highest BCUT2D eigenvalue weighted by Crippen LogP contribution is 2.26. The van der Waals surface area contributed by atoms with Crippen molar-refractivity contribution in [3.63, 3.8) is 0 Å². The number of halogens is 1. The van der Waals surface area contributed by atoms with E-state index in [9.17, 15) is 4.79 Å². The number of carbonyl (C=O) groups excluding carboxylic acids is 1. The minimum absolute atomic E-state index is 0. The number of hydrogen-bond donors (Lipinski definition) is 1. The van der Waals surface area contributed by atoms with Gasteiger partial charge in [-0.05, 0) is 12.1 Å². The first-order chi connectivity index (χ1) is 13.3. The quantitative estimate of drug-likeness (QED) is 0.715. The largest absolute Gasteiger partial charge is 0.441 e. The molecule has 0 saturated carbocycles. The summed E-state index contributed by atoms with van der Waals surface area (Å²) in [6.07, 6.45) is 3.41. The second kappa shape index (κ2) is 7.77. The molecule has 3 aromatic rings. The van der Waals surface area contributed by atoms with Crippen LogP contribution in [0.5, 0.6) is 0 Å². The highest BCUT2D eigenvalue weighted by Gasteiger charge is 2.28. The van der Waals surface area contributed by atoms with E-state index in [1.54, 1.807) is 0 Å². The molecule has 0 bridgehead atoms. The van der Waals surface area contributed by atoms with E-state index in [4.69, 9.17) is 4.42 Å². The first-order valence-electron chi connectivity index (χ1n) is 9.38. The predicted molar refractivity (Wildman–Crippen MR) is 106 cm³/mol. The SMILES string of the molecule is Cl.O=C(c1cn2c(n1)CCNCC2)N1CCc2oc(-c3ccccc3)nc2C1. The zero-order chi connectivity index (χ0) is 18.2. The molecule has 28 heavy (non-hydrogen) atoms. The average molecular weight is 400 g/mol. The van der Waals surface area contributed by atoms with Crippen LogP contribution in [0.2, 0.25) is 0 Å². The van der Waals surface area contributed by atoms with Gasteiger partial charge in [0.25, 0.3) is 5.91 Å². The van der Waals surface area contributed by atoms with E-state index in [1.165, 1.54) is 0 Å². The number of carbonyl (C=O) groups is 1. The van der Waals surface area contributed by atoms with Gasteiger partial charge >= 0.3 is 0 Å². The Kier molecular flexibility index (Phi) is 5.19. The molecule has 0 atom stereocenters. The van der Waals surface area contributed by atoms with Crippen molar-refractivity contribution in [1.82, 2.24) is 24.8 Å². The van der Waals surface area contributed by atoms with Crippen LogP contribution in [0.4, 0.5) is 0 Å². The van der Waals surface area contributed by atoms with Crippen LogP contribution in [-0.4, -0.2) is 45.0 Å². The number of aromatic nitrogens is 3. The summed E-state index contributed by atoms with van der Waals surface area (Å²) in [5.74, 6) is 2.45. The Labute approximate surface area is 169 Å². The fourth-order valence-corrected chi connectivity index (χ4v) is 3.71. The Bertz CT molecular complexity index is 958. The van der Waals surface area contributed by atoms with Crippen LogP contribution >= 0.6 is 12.4 Å². The number of benzene rings is 1. The van der Waals surface area contributed by atoms with Gasteiger partial charge in [-0.1, -0.05) is 18.2 Å². The highest BCUT2D eigenvalue weighted by atomic mass is 35.5. The predicted octanol–water partition coefficient (Wildman–Crippen LogP) is 2.30. The second-order valence-corrected chi connectivity index (χ2v) is 6.97. The van der Waals surface area contributed by atoms with E-state index in [1.807, 2.05) is 41.4 Å². The maximum Gasteiger partial charge on any atom is 0.274 e. The van der Waals surface area contributed by atoms with Gasteiger partial charge in [-0.15, -0.1) is 12.4 Å². The van der Waals surface area contributed by atoms with Crippen molar-refractivity contribution in [2.45, 2.75) is 25.9 Å². The number of nitrogens with zero attached hydrogens (tertiary/aromatic N) is 4. The van der Waals surface area contributed by atoms with Crippen LogP contribution in [0.1, 0.15) is 27.8 Å². The average Bonchev–Trinajstić information content (AvgIpc) is 3.26. The molecule has 0 aliphatic carbocycles. The summed E-state index contributed by atoms with van der Waals surface area (Å²) in [6.45, 7) is 3.75. The molecule has 0 unspecified atom stereocenters. The smallest absolute Gasteiger partial charge is 0.274 e. The van der Waals surface area contributed by atoms with E-state index in [0.29, 0.717) is 31.1 Å². The third kappa shape index (κ3) is 3.43. The Morgan fingerprint density at radius 3 is 2.79 bits per heavy atom. The number of imidazole rings is 1. The van der Waals surface area contributed by atoms with Crippen molar-refractivity contribution in [3.05, 3.63) is 59.5 Å². The molecule has 2 aliphatic rings. The minimum Gasteiger partial charge on any atom is -0.441 e. The monoisotopic (exact) mass is 399 g/mol. The molecule has 2 aliphatic heterocycles. The van der Waals surface area contributed by atoms with Crippen molar-refractivity contribution in [3.8, 4) is 11.5 Å². The van der Waals surface area contributed by atoms with Crippen LogP contribution in [0.25, 0.3) is 11.5 Å². The van der Waals surface area contributed by atoms with Gasteiger partial charge < -0.3 is 19.2 Å². The van der Waals surface area contributed by atoms with Crippen molar-refractivity contribution < 1.29 is 9.21 Å². The summed E-state index contributed by atoms with van der Waals surface area (Å²) < 4.78 is 8.02. The Morgan fingerprint density at radius 1 is 1.07 bits per heavy atom. The molecule has 146 valence electrons. The Balaban J connectivity index is 0.00000192. The lowest BCUT2D eigenvalue weighted by Crippen LogP contribution is -2.36. The summed E-state index contributed by atoms with van der Waals surface area (Å²) in [5.41, 5.74) is 2.33. The van der Waals surface area contributed by atoms with Crippen molar-refractivity contribution in [2.24, 2.45) is 0 Å². The highest BCUT2D eigenvalue weighted by molar-refractivity contribution is 5.92. The summed E-state index contributed by atoms with van der Waals surface area (Å²) in [4.78, 5) is 24.0. The van der Waals surface area contributed by atoms with Crippen molar-refractivity contribution in [1.29, 1.82) is 0 Å². The molecule has 7 nitrogen and oxygen atoms in total. The van der Waals surface area contributed by atoms with Gasteiger partial charge in [-0.25, -0.2) is 9.97 Å². The Hall–Kier alpha value is -2.64. The second-order valence-electron chi connectivity index (χ2n) is 6.97. The first kappa shape index (κ1) is 18.7. The maximum absolute atomic E-state index is 13.0. The third-order valence-corrected chi connectivity index (χ3v) is 5.17. The van der Waals surface area contributed by atoms with Gasteiger partial charge in [-0.3, -0.25) is 4.79 Å². The molecule has 2 aromatic heterocycles. The lowest BCUT2D eigenvalue weighted by Gasteiger charge is -2.24. The van der Waals surface area contributed by atoms with E-state index >= 15 is 0 Å². The standard InChI is InChI=1S/C20H21N5O2.ClH/c26-20(16-13-24-11-9-21-8-6-18(24)22-16)25-10-7-17-15(12-25)23-19(27-17)14-4-2-1-3-5-14;/h1-5,13,21H,6-12H2;1H. The number of hydrogen-bond acceptors (Lipinski definition) is 5. The summed E-state index contributed by atoms with van der Waals surface area (Å²) >= 11 is 0. The van der Waals surface area contributed by atoms with Gasteiger partial charge in [0.15, 0.2) is 0 Å². The van der Waals surface area contributed by atoms with E-state index < -0.39 is 0 Å². The first-order valence-corrected chi connectivity index (χ1v) is 9.38. The maximum atomic E-state index is 13.0. The molecule has 8 heteroatoms. The molecule has 5 rings (SSSR count). The van der Waals surface area contributed by atoms with Gasteiger partial charge in [0, 0.05) is 50.8 Å². The third-order valence-electron chi connectivity index (χ3n) is 5.17. The zero-order valence-corrected chi connectivity index (χ0v) is 16.2. The summed E-state index contributed by atoms with van der Waals surface area (Å²) in [7, 11) is 0. The van der Waals surface area contributed by atoms with Gasteiger partial charge in [0.2, 0.25) is 5.89 Å². The lowest BCUT2D eigenvalue weighted by atomic mass is 10.1. The molecule has 4 heterocycles. The fourth-order valence-electron chi connectivity index (χ4n) is 3.71. The normalized spacial score (nSPS) is 15.9. The van der Waals surface area contributed by atoms with E-state index in [-0.39, 0.29) is 18.3 Å². The van der Waals surface area contributed by atoms with Crippen LogP contribution < -0.4 is 5.32 Å². The minimum atomic E-state index is -0.0292. The molecule has 1 amide bonds. The fraction of sp³-hybridized carbons (Fsp3) is 0.350. The topological polar surface area (TPSA) is 76.2 Å². The summed E-state index contributed by atoms with van der Waals surface area (Å²) in [6, 6.07) is 9.86. The van der Waals surface area contributed by atoms with E-state index in [2.05, 4.69) is 19.9 Å². The van der Waals surface area contributed by atoms with Crippen LogP contribution in [0.15, 0.2) is 40.9 Å². The van der Waals surface area contributed by atoms with Crippen LogP contribution in [-0.2, 0) is 25.9 Å². The molecule has 0 saturated heterocycles. The van der Waals surface area contributed by atoms with Gasteiger partial charge in [0.05, 0.1) is 6.54 Å². The molecular weight excluding hydrogens is 378 g/mol. The molecule has 1 aromatic carbocycles. The number of amides is 1. The summed E-state index contributed by atoms with van der Waals surface area (Å²) in [5, 5.41) is 3.34.